The molecule has 0 bridgehead atoms. The van der Waals surface area contributed by atoms with E-state index in [4.69, 9.17) is 9.47 Å². The molecule has 0 saturated carbocycles. The summed E-state index contributed by atoms with van der Waals surface area (Å²) >= 11 is 0. The number of hydrogen-bond acceptors (Lipinski definition) is 7. The summed E-state index contributed by atoms with van der Waals surface area (Å²) in [4.78, 5) is 12.7. The molecule has 1 aliphatic rings. The maximum Gasteiger partial charge on any atom is 0.259 e. The Kier molecular flexibility index (Phi) is 5.35. The highest BCUT2D eigenvalue weighted by atomic mass is 16.6. The number of anilines is 3. The van der Waals surface area contributed by atoms with Gasteiger partial charge in [0.2, 0.25) is 0 Å². The lowest BCUT2D eigenvalue weighted by Crippen LogP contribution is -2.20. The van der Waals surface area contributed by atoms with E-state index in [0.29, 0.717) is 47.6 Å². The SMILES string of the molecule is Cc1cc(C)n(-c2ccc(Nc3ccc(NC(=O)c4cccc5c4OCCO5)cc3)nn2)n1. The predicted molar refractivity (Wildman–Crippen MR) is 124 cm³/mol. The number of para-hydroxylation sites is 1. The van der Waals surface area contributed by atoms with Crippen LogP contribution in [-0.4, -0.2) is 39.1 Å². The van der Waals surface area contributed by atoms with Crippen molar-refractivity contribution in [3.8, 4) is 17.3 Å². The van der Waals surface area contributed by atoms with Gasteiger partial charge in [-0.3, -0.25) is 4.79 Å². The summed E-state index contributed by atoms with van der Waals surface area (Å²) in [5.41, 5.74) is 3.83. The second-order valence-electron chi connectivity index (χ2n) is 7.60. The number of aryl methyl sites for hydroxylation is 2. The molecular weight excluding hydrogens is 420 g/mol. The lowest BCUT2D eigenvalue weighted by Gasteiger charge is -2.20. The van der Waals surface area contributed by atoms with E-state index < -0.39 is 0 Å². The molecule has 1 aliphatic heterocycles. The summed E-state index contributed by atoms with van der Waals surface area (Å²) in [5.74, 6) is 2.05. The van der Waals surface area contributed by atoms with Crippen molar-refractivity contribution in [3.05, 3.63) is 77.6 Å². The predicted octanol–water partition coefficient (Wildman–Crippen LogP) is 4.05. The number of nitrogens with zero attached hydrogens (tertiary/aromatic N) is 4. The second-order valence-corrected chi connectivity index (χ2v) is 7.60. The van der Waals surface area contributed by atoms with E-state index in [1.165, 1.54) is 0 Å². The first-order valence-corrected chi connectivity index (χ1v) is 10.5. The zero-order valence-corrected chi connectivity index (χ0v) is 18.2. The molecule has 0 fully saturated rings. The fourth-order valence-corrected chi connectivity index (χ4v) is 3.60. The number of carbonyl (C=O) groups excluding carboxylic acids is 1. The van der Waals surface area contributed by atoms with Crippen molar-refractivity contribution in [2.24, 2.45) is 0 Å². The van der Waals surface area contributed by atoms with E-state index in [0.717, 1.165) is 17.1 Å². The molecule has 9 heteroatoms. The van der Waals surface area contributed by atoms with Gasteiger partial charge in [0.15, 0.2) is 23.1 Å². The van der Waals surface area contributed by atoms with Crippen molar-refractivity contribution in [1.82, 2.24) is 20.0 Å². The van der Waals surface area contributed by atoms with Crippen LogP contribution in [0.4, 0.5) is 17.2 Å². The highest BCUT2D eigenvalue weighted by Gasteiger charge is 2.20. The Balaban J connectivity index is 1.25. The molecule has 0 spiro atoms. The quantitative estimate of drug-likeness (QED) is 0.481. The van der Waals surface area contributed by atoms with E-state index in [1.54, 1.807) is 22.9 Å². The van der Waals surface area contributed by atoms with Gasteiger partial charge >= 0.3 is 0 Å². The van der Waals surface area contributed by atoms with Crippen molar-refractivity contribution >= 4 is 23.1 Å². The van der Waals surface area contributed by atoms with Gasteiger partial charge in [-0.05, 0) is 68.4 Å². The van der Waals surface area contributed by atoms with Crippen LogP contribution in [0.3, 0.4) is 0 Å². The Morgan fingerprint density at radius 1 is 0.939 bits per heavy atom. The number of fused-ring (bicyclic) bond motifs is 1. The van der Waals surface area contributed by atoms with Crippen LogP contribution in [0.25, 0.3) is 5.82 Å². The van der Waals surface area contributed by atoms with E-state index in [9.17, 15) is 4.79 Å². The Hall–Kier alpha value is -4.40. The molecule has 2 aromatic carbocycles. The first kappa shape index (κ1) is 20.5. The highest BCUT2D eigenvalue weighted by molar-refractivity contribution is 6.06. The average Bonchev–Trinajstić information content (AvgIpc) is 3.18. The van der Waals surface area contributed by atoms with Crippen LogP contribution >= 0.6 is 0 Å². The molecular formula is C24H22N6O3. The highest BCUT2D eigenvalue weighted by Crippen LogP contribution is 2.34. The summed E-state index contributed by atoms with van der Waals surface area (Å²) in [6, 6.07) is 18.3. The van der Waals surface area contributed by atoms with Crippen molar-refractivity contribution in [1.29, 1.82) is 0 Å². The number of amides is 1. The Morgan fingerprint density at radius 3 is 2.45 bits per heavy atom. The van der Waals surface area contributed by atoms with Crippen LogP contribution in [0.15, 0.2) is 60.7 Å². The zero-order valence-electron chi connectivity index (χ0n) is 18.2. The topological polar surface area (TPSA) is 103 Å². The summed E-state index contributed by atoms with van der Waals surface area (Å²) < 4.78 is 12.9. The Morgan fingerprint density at radius 2 is 1.73 bits per heavy atom. The molecule has 0 atom stereocenters. The molecule has 3 heterocycles. The molecule has 0 radical (unpaired) electrons. The Labute approximate surface area is 190 Å². The van der Waals surface area contributed by atoms with Gasteiger partial charge in [0.05, 0.1) is 11.3 Å². The molecule has 0 aliphatic carbocycles. The third-order valence-electron chi connectivity index (χ3n) is 5.10. The van der Waals surface area contributed by atoms with Gasteiger partial charge < -0.3 is 20.1 Å². The van der Waals surface area contributed by atoms with E-state index in [1.807, 2.05) is 56.3 Å². The number of benzene rings is 2. The Bertz CT molecular complexity index is 1300. The molecule has 2 aromatic heterocycles. The summed E-state index contributed by atoms with van der Waals surface area (Å²) in [6.07, 6.45) is 0. The number of nitrogens with one attached hydrogen (secondary N) is 2. The van der Waals surface area contributed by atoms with Crippen molar-refractivity contribution < 1.29 is 14.3 Å². The summed E-state index contributed by atoms with van der Waals surface area (Å²) in [7, 11) is 0. The monoisotopic (exact) mass is 442 g/mol. The van der Waals surface area contributed by atoms with Crippen LogP contribution in [-0.2, 0) is 0 Å². The number of hydrogen-bond donors (Lipinski definition) is 2. The summed E-state index contributed by atoms with van der Waals surface area (Å²) in [5, 5.41) is 19.0. The van der Waals surface area contributed by atoms with Gasteiger partial charge in [-0.25, -0.2) is 4.68 Å². The van der Waals surface area contributed by atoms with Gasteiger partial charge in [0.1, 0.15) is 13.2 Å². The third-order valence-corrected chi connectivity index (χ3v) is 5.10. The minimum absolute atomic E-state index is 0.260. The van der Waals surface area contributed by atoms with Crippen LogP contribution in [0.2, 0.25) is 0 Å². The van der Waals surface area contributed by atoms with Crippen molar-refractivity contribution in [3.63, 3.8) is 0 Å². The molecule has 166 valence electrons. The van der Waals surface area contributed by atoms with E-state index in [2.05, 4.69) is 25.9 Å². The first-order chi connectivity index (χ1) is 16.1. The van der Waals surface area contributed by atoms with Gasteiger partial charge in [-0.2, -0.15) is 5.10 Å². The minimum atomic E-state index is -0.260. The van der Waals surface area contributed by atoms with Crippen LogP contribution in [0.5, 0.6) is 11.5 Å². The van der Waals surface area contributed by atoms with Gasteiger partial charge in [0.25, 0.3) is 5.91 Å². The van der Waals surface area contributed by atoms with Crippen LogP contribution < -0.4 is 20.1 Å². The fraction of sp³-hybridized carbons (Fsp3) is 0.167. The fourth-order valence-electron chi connectivity index (χ4n) is 3.60. The molecule has 1 amide bonds. The summed E-state index contributed by atoms with van der Waals surface area (Å²) in [6.45, 7) is 4.81. The van der Waals surface area contributed by atoms with Gasteiger partial charge in [-0.15, -0.1) is 10.2 Å². The largest absolute Gasteiger partial charge is 0.486 e. The normalized spacial score (nSPS) is 12.3. The molecule has 4 aromatic rings. The van der Waals surface area contributed by atoms with Gasteiger partial charge in [0, 0.05) is 17.1 Å². The van der Waals surface area contributed by atoms with Crippen LogP contribution in [0, 0.1) is 13.8 Å². The lowest BCUT2D eigenvalue weighted by atomic mass is 10.1. The van der Waals surface area contributed by atoms with Crippen molar-refractivity contribution in [2.75, 3.05) is 23.8 Å². The standard InChI is InChI=1S/C24H22N6O3/c1-15-14-16(2)30(29-15)22-11-10-21(27-28-22)25-17-6-8-18(9-7-17)26-24(31)19-4-3-5-20-23(19)33-13-12-32-20/h3-11,14H,12-13H2,1-2H3,(H,25,27)(H,26,31). The smallest absolute Gasteiger partial charge is 0.259 e. The third kappa shape index (κ3) is 4.33. The molecule has 0 saturated heterocycles. The number of rotatable bonds is 5. The first-order valence-electron chi connectivity index (χ1n) is 10.5. The van der Waals surface area contributed by atoms with Gasteiger partial charge in [-0.1, -0.05) is 6.07 Å². The maximum atomic E-state index is 12.7. The average molecular weight is 442 g/mol. The number of ether oxygens (including phenoxy) is 2. The molecule has 33 heavy (non-hydrogen) atoms. The number of aromatic nitrogens is 4. The van der Waals surface area contributed by atoms with Crippen molar-refractivity contribution in [2.45, 2.75) is 13.8 Å². The number of carbonyl (C=O) groups is 1. The maximum absolute atomic E-state index is 12.7. The lowest BCUT2D eigenvalue weighted by molar-refractivity contribution is 0.101. The minimum Gasteiger partial charge on any atom is -0.486 e. The zero-order chi connectivity index (χ0) is 22.8. The molecule has 5 rings (SSSR count). The van der Waals surface area contributed by atoms with E-state index >= 15 is 0 Å². The van der Waals surface area contributed by atoms with Crippen LogP contribution in [0.1, 0.15) is 21.7 Å². The van der Waals surface area contributed by atoms with E-state index in [-0.39, 0.29) is 5.91 Å². The molecule has 2 N–H and O–H groups in total. The molecule has 9 nitrogen and oxygen atoms in total. The second kappa shape index (κ2) is 8.62. The molecule has 0 unspecified atom stereocenters.